The van der Waals surface area contributed by atoms with Gasteiger partial charge in [0.1, 0.15) is 5.69 Å². The van der Waals surface area contributed by atoms with E-state index in [1.165, 1.54) is 0 Å². The van der Waals surface area contributed by atoms with E-state index < -0.39 is 0 Å². The van der Waals surface area contributed by atoms with Gasteiger partial charge in [0.05, 0.1) is 23.1 Å². The van der Waals surface area contributed by atoms with Crippen molar-refractivity contribution >= 4 is 28.2 Å². The molecular weight excluding hydrogens is 314 g/mol. The zero-order chi connectivity index (χ0) is 15.8. The third-order valence-electron chi connectivity index (χ3n) is 3.53. The van der Waals surface area contributed by atoms with Crippen LogP contribution in [-0.4, -0.2) is 25.4 Å². The first kappa shape index (κ1) is 13.8. The highest BCUT2D eigenvalue weighted by molar-refractivity contribution is 6.33. The Morgan fingerprint density at radius 1 is 1.04 bits per heavy atom. The summed E-state index contributed by atoms with van der Waals surface area (Å²) in [4.78, 5) is 9.15. The predicted molar refractivity (Wildman–Crippen MR) is 87.6 cm³/mol. The van der Waals surface area contributed by atoms with Crippen molar-refractivity contribution in [2.24, 2.45) is 0 Å². The van der Waals surface area contributed by atoms with Gasteiger partial charge < -0.3 is 0 Å². The summed E-state index contributed by atoms with van der Waals surface area (Å²) in [5.41, 5.74) is 5.36. The predicted octanol–water partition coefficient (Wildman–Crippen LogP) is 3.65. The molecule has 0 bridgehead atoms. The molecule has 0 spiro atoms. The lowest BCUT2D eigenvalue weighted by molar-refractivity contribution is 0.389. The standard InChI is InChI=1S/C16H10ClN5O/c17-12-4-2-1-3-10(12)15-11-7-9(22-23)5-6-13(11)20-16-14(19-15)8-18-21-16/h1-8,22-23H. The van der Waals surface area contributed by atoms with Gasteiger partial charge in [-0.1, -0.05) is 29.8 Å². The molecule has 4 rings (SSSR count). The second kappa shape index (κ2) is 5.42. The zero-order valence-corrected chi connectivity index (χ0v) is 12.5. The van der Waals surface area contributed by atoms with E-state index in [1.54, 1.807) is 30.5 Å². The van der Waals surface area contributed by atoms with Crippen LogP contribution in [-0.2, 0) is 0 Å². The summed E-state index contributed by atoms with van der Waals surface area (Å²) in [5, 5.41) is 18.4. The van der Waals surface area contributed by atoms with Crippen LogP contribution in [0.15, 0.2) is 48.7 Å². The van der Waals surface area contributed by atoms with E-state index in [9.17, 15) is 5.21 Å². The van der Waals surface area contributed by atoms with Crippen molar-refractivity contribution < 1.29 is 5.21 Å². The molecule has 23 heavy (non-hydrogen) atoms. The van der Waals surface area contributed by atoms with Gasteiger partial charge >= 0.3 is 0 Å². The van der Waals surface area contributed by atoms with Crippen LogP contribution >= 0.6 is 11.6 Å². The second-order valence-corrected chi connectivity index (χ2v) is 5.36. The van der Waals surface area contributed by atoms with Crippen molar-refractivity contribution in [3.63, 3.8) is 0 Å². The van der Waals surface area contributed by atoms with E-state index in [2.05, 4.69) is 25.6 Å². The van der Waals surface area contributed by atoms with Gasteiger partial charge in [0.15, 0.2) is 0 Å². The molecule has 0 saturated carbocycles. The van der Waals surface area contributed by atoms with Crippen LogP contribution in [0, 0.1) is 0 Å². The minimum absolute atomic E-state index is 0.456. The Balaban J connectivity index is 2.16. The number of aromatic nitrogens is 4. The highest BCUT2D eigenvalue weighted by Gasteiger charge is 2.15. The molecular formula is C16H10ClN5O. The fourth-order valence-electron chi connectivity index (χ4n) is 2.45. The Labute approximate surface area is 136 Å². The van der Waals surface area contributed by atoms with E-state index in [0.717, 1.165) is 10.9 Å². The Kier molecular flexibility index (Phi) is 3.25. The minimum atomic E-state index is 0.456. The lowest BCUT2D eigenvalue weighted by atomic mass is 10.1. The van der Waals surface area contributed by atoms with Crippen molar-refractivity contribution in [2.45, 2.75) is 0 Å². The van der Waals surface area contributed by atoms with Gasteiger partial charge in [-0.25, -0.2) is 9.97 Å². The average molecular weight is 324 g/mol. The average Bonchev–Trinajstić information content (AvgIpc) is 2.95. The summed E-state index contributed by atoms with van der Waals surface area (Å²) in [6, 6.07) is 12.7. The molecule has 0 aromatic heterocycles. The second-order valence-electron chi connectivity index (χ2n) is 4.95. The van der Waals surface area contributed by atoms with Crippen LogP contribution in [0.4, 0.5) is 5.69 Å². The molecule has 2 aliphatic heterocycles. The maximum atomic E-state index is 9.19. The van der Waals surface area contributed by atoms with Gasteiger partial charge in [-0.05, 0) is 24.3 Å². The first-order chi connectivity index (χ1) is 11.3. The van der Waals surface area contributed by atoms with Gasteiger partial charge in [0.2, 0.25) is 5.82 Å². The first-order valence-corrected chi connectivity index (χ1v) is 7.22. The molecule has 2 N–H and O–H groups in total. The number of benzene rings is 2. The normalized spacial score (nSPS) is 11.0. The van der Waals surface area contributed by atoms with Gasteiger partial charge in [0.25, 0.3) is 0 Å². The zero-order valence-electron chi connectivity index (χ0n) is 11.7. The maximum Gasteiger partial charge on any atom is 0.202 e. The Morgan fingerprint density at radius 2 is 1.91 bits per heavy atom. The molecule has 0 aliphatic carbocycles. The molecule has 2 heterocycles. The molecule has 6 nitrogen and oxygen atoms in total. The Morgan fingerprint density at radius 3 is 2.74 bits per heavy atom. The van der Waals surface area contributed by atoms with Crippen LogP contribution in [0.2, 0.25) is 5.02 Å². The number of halogens is 1. The van der Waals surface area contributed by atoms with Crippen molar-refractivity contribution in [1.82, 2.24) is 20.2 Å². The fraction of sp³-hybridized carbons (Fsp3) is 0. The summed E-state index contributed by atoms with van der Waals surface area (Å²) in [6.07, 6.45) is 1.56. The van der Waals surface area contributed by atoms with Crippen molar-refractivity contribution in [3.8, 4) is 22.8 Å². The summed E-state index contributed by atoms with van der Waals surface area (Å²) in [7, 11) is 0. The van der Waals surface area contributed by atoms with Gasteiger partial charge in [-0.3, -0.25) is 10.7 Å². The molecule has 0 fully saturated rings. The summed E-state index contributed by atoms with van der Waals surface area (Å²) in [6.45, 7) is 0. The van der Waals surface area contributed by atoms with Gasteiger partial charge in [0, 0.05) is 16.0 Å². The monoisotopic (exact) mass is 323 g/mol. The number of rotatable bonds is 2. The SMILES string of the molecule is ONc1ccc2nc3nncc-3nc(-c3ccccc3Cl)c2c1. The largest absolute Gasteiger partial charge is 0.291 e. The number of nitrogens with zero attached hydrogens (tertiary/aromatic N) is 4. The lowest BCUT2D eigenvalue weighted by Crippen LogP contribution is -1.90. The molecule has 112 valence electrons. The van der Waals surface area contributed by atoms with Gasteiger partial charge in [-0.15, -0.1) is 5.10 Å². The lowest BCUT2D eigenvalue weighted by Gasteiger charge is -2.05. The van der Waals surface area contributed by atoms with E-state index >= 15 is 0 Å². The van der Waals surface area contributed by atoms with Crippen molar-refractivity contribution in [3.05, 3.63) is 53.7 Å². The van der Waals surface area contributed by atoms with Crippen LogP contribution < -0.4 is 5.48 Å². The Hall–Kier alpha value is -2.83. The minimum Gasteiger partial charge on any atom is -0.291 e. The third kappa shape index (κ3) is 2.34. The number of anilines is 1. The number of nitrogens with one attached hydrogen (secondary N) is 1. The molecule has 0 unspecified atom stereocenters. The molecule has 0 atom stereocenters. The van der Waals surface area contributed by atoms with E-state index in [1.807, 2.05) is 18.2 Å². The molecule has 2 aromatic rings. The van der Waals surface area contributed by atoms with Crippen LogP contribution in [0.3, 0.4) is 0 Å². The first-order valence-electron chi connectivity index (χ1n) is 6.84. The van der Waals surface area contributed by atoms with Crippen LogP contribution in [0.1, 0.15) is 0 Å². The fourth-order valence-corrected chi connectivity index (χ4v) is 2.68. The highest BCUT2D eigenvalue weighted by Crippen LogP contribution is 2.33. The number of fused-ring (bicyclic) bond motifs is 2. The quantitative estimate of drug-likeness (QED) is 0.548. The molecule has 0 radical (unpaired) electrons. The molecule has 0 amide bonds. The van der Waals surface area contributed by atoms with E-state index in [0.29, 0.717) is 33.4 Å². The van der Waals surface area contributed by atoms with E-state index in [4.69, 9.17) is 11.6 Å². The third-order valence-corrected chi connectivity index (χ3v) is 3.86. The summed E-state index contributed by atoms with van der Waals surface area (Å²) >= 11 is 6.34. The molecule has 2 aromatic carbocycles. The van der Waals surface area contributed by atoms with Crippen LogP contribution in [0.25, 0.3) is 33.7 Å². The van der Waals surface area contributed by atoms with Crippen LogP contribution in [0.5, 0.6) is 0 Å². The van der Waals surface area contributed by atoms with Crippen molar-refractivity contribution in [2.75, 3.05) is 5.48 Å². The van der Waals surface area contributed by atoms with Gasteiger partial charge in [-0.2, -0.15) is 5.10 Å². The Bertz CT molecular complexity index is 991. The highest BCUT2D eigenvalue weighted by atomic mass is 35.5. The summed E-state index contributed by atoms with van der Waals surface area (Å²) < 4.78 is 0. The maximum absolute atomic E-state index is 9.19. The molecule has 2 aliphatic rings. The molecule has 0 saturated heterocycles. The smallest absolute Gasteiger partial charge is 0.202 e. The van der Waals surface area contributed by atoms with E-state index in [-0.39, 0.29) is 0 Å². The van der Waals surface area contributed by atoms with Crippen molar-refractivity contribution in [1.29, 1.82) is 0 Å². The summed E-state index contributed by atoms with van der Waals surface area (Å²) in [5.74, 6) is 0.456. The number of hydrogen-bond acceptors (Lipinski definition) is 6. The number of hydrogen-bond donors (Lipinski definition) is 2. The topological polar surface area (TPSA) is 83.8 Å². The molecule has 7 heteroatoms.